The molecule has 3 heteroatoms. The van der Waals surface area contributed by atoms with Crippen molar-refractivity contribution in [2.45, 2.75) is 19.8 Å². The first kappa shape index (κ1) is 8.63. The third-order valence-corrected chi connectivity index (χ3v) is 2.46. The molecule has 1 aromatic rings. The summed E-state index contributed by atoms with van der Waals surface area (Å²) in [5.74, 6) is 1.76. The molecule has 1 aliphatic heterocycles. The summed E-state index contributed by atoms with van der Waals surface area (Å²) in [7, 11) is 0. The standard InChI is InChI=1S/C10H15N3/c1-2-9-3-4-12-10(13-9)5-8-6-11-7-8/h3-4,8,11H,2,5-7H2,1H3. The van der Waals surface area contributed by atoms with Crippen LogP contribution in [0.5, 0.6) is 0 Å². The van der Waals surface area contributed by atoms with Gasteiger partial charge in [-0.3, -0.25) is 0 Å². The zero-order valence-electron chi connectivity index (χ0n) is 7.95. The van der Waals surface area contributed by atoms with Crippen LogP contribution in [-0.2, 0) is 12.8 Å². The quantitative estimate of drug-likeness (QED) is 0.742. The highest BCUT2D eigenvalue weighted by Gasteiger charge is 2.18. The molecule has 0 spiro atoms. The van der Waals surface area contributed by atoms with Crippen LogP contribution in [0.15, 0.2) is 12.3 Å². The van der Waals surface area contributed by atoms with Crippen molar-refractivity contribution in [1.82, 2.24) is 15.3 Å². The van der Waals surface area contributed by atoms with Gasteiger partial charge in [-0.1, -0.05) is 6.92 Å². The second-order valence-electron chi connectivity index (χ2n) is 3.55. The normalized spacial score (nSPS) is 17.0. The Kier molecular flexibility index (Phi) is 2.54. The van der Waals surface area contributed by atoms with E-state index in [0.717, 1.165) is 43.4 Å². The summed E-state index contributed by atoms with van der Waals surface area (Å²) in [5.41, 5.74) is 1.15. The van der Waals surface area contributed by atoms with Gasteiger partial charge in [-0.2, -0.15) is 0 Å². The van der Waals surface area contributed by atoms with E-state index >= 15 is 0 Å². The highest BCUT2D eigenvalue weighted by Crippen LogP contribution is 2.09. The van der Waals surface area contributed by atoms with Crippen LogP contribution in [0.2, 0.25) is 0 Å². The Bertz CT molecular complexity index is 281. The minimum absolute atomic E-state index is 0.757. The molecular formula is C10H15N3. The van der Waals surface area contributed by atoms with Gasteiger partial charge in [-0.05, 0) is 31.5 Å². The van der Waals surface area contributed by atoms with E-state index in [4.69, 9.17) is 0 Å². The molecule has 13 heavy (non-hydrogen) atoms. The van der Waals surface area contributed by atoms with E-state index < -0.39 is 0 Å². The Morgan fingerprint density at radius 2 is 2.38 bits per heavy atom. The Labute approximate surface area is 78.6 Å². The molecule has 2 rings (SSSR count). The molecule has 1 aromatic heterocycles. The minimum Gasteiger partial charge on any atom is -0.316 e. The number of aryl methyl sites for hydroxylation is 1. The summed E-state index contributed by atoms with van der Waals surface area (Å²) in [6, 6.07) is 1.99. The van der Waals surface area contributed by atoms with Crippen LogP contribution in [0.3, 0.4) is 0 Å². The van der Waals surface area contributed by atoms with Crippen LogP contribution < -0.4 is 5.32 Å². The Morgan fingerprint density at radius 1 is 1.54 bits per heavy atom. The topological polar surface area (TPSA) is 37.8 Å². The SMILES string of the molecule is CCc1ccnc(CC2CNC2)n1. The molecule has 0 aromatic carbocycles. The lowest BCUT2D eigenvalue weighted by Crippen LogP contribution is -2.43. The lowest BCUT2D eigenvalue weighted by atomic mass is 9.99. The number of nitrogens with one attached hydrogen (secondary N) is 1. The van der Waals surface area contributed by atoms with E-state index in [1.54, 1.807) is 0 Å². The minimum atomic E-state index is 0.757. The van der Waals surface area contributed by atoms with Gasteiger partial charge in [0.15, 0.2) is 0 Å². The van der Waals surface area contributed by atoms with Gasteiger partial charge in [-0.25, -0.2) is 9.97 Å². The fourth-order valence-electron chi connectivity index (χ4n) is 1.49. The zero-order valence-corrected chi connectivity index (χ0v) is 7.95. The smallest absolute Gasteiger partial charge is 0.128 e. The molecule has 0 saturated carbocycles. The van der Waals surface area contributed by atoms with Crippen LogP contribution in [0.1, 0.15) is 18.4 Å². The first-order valence-electron chi connectivity index (χ1n) is 4.90. The number of nitrogens with zero attached hydrogens (tertiary/aromatic N) is 2. The second kappa shape index (κ2) is 3.83. The van der Waals surface area contributed by atoms with Crippen molar-refractivity contribution in [3.63, 3.8) is 0 Å². The summed E-state index contributed by atoms with van der Waals surface area (Å²) in [5, 5.41) is 3.25. The third kappa shape index (κ3) is 2.04. The van der Waals surface area contributed by atoms with Crippen LogP contribution in [-0.4, -0.2) is 23.1 Å². The number of aromatic nitrogens is 2. The Morgan fingerprint density at radius 3 is 3.00 bits per heavy atom. The monoisotopic (exact) mass is 177 g/mol. The van der Waals surface area contributed by atoms with Crippen LogP contribution >= 0.6 is 0 Å². The molecule has 0 radical (unpaired) electrons. The van der Waals surface area contributed by atoms with Gasteiger partial charge in [0, 0.05) is 18.3 Å². The lowest BCUT2D eigenvalue weighted by Gasteiger charge is -2.26. The van der Waals surface area contributed by atoms with Crippen molar-refractivity contribution in [1.29, 1.82) is 0 Å². The van der Waals surface area contributed by atoms with Crippen LogP contribution in [0, 0.1) is 5.92 Å². The molecule has 0 unspecified atom stereocenters. The third-order valence-electron chi connectivity index (χ3n) is 2.46. The predicted molar refractivity (Wildman–Crippen MR) is 51.5 cm³/mol. The molecule has 1 aliphatic rings. The second-order valence-corrected chi connectivity index (χ2v) is 3.55. The van der Waals surface area contributed by atoms with Crippen molar-refractivity contribution in [2.75, 3.05) is 13.1 Å². The molecular weight excluding hydrogens is 162 g/mol. The molecule has 1 fully saturated rings. The van der Waals surface area contributed by atoms with Gasteiger partial charge >= 0.3 is 0 Å². The average molecular weight is 177 g/mol. The van der Waals surface area contributed by atoms with Gasteiger partial charge in [0.25, 0.3) is 0 Å². The van der Waals surface area contributed by atoms with Crippen molar-refractivity contribution < 1.29 is 0 Å². The largest absolute Gasteiger partial charge is 0.316 e. The Hall–Kier alpha value is -0.960. The van der Waals surface area contributed by atoms with Crippen LogP contribution in [0.4, 0.5) is 0 Å². The molecule has 2 heterocycles. The summed E-state index contributed by atoms with van der Waals surface area (Å²) in [6.07, 6.45) is 3.90. The van der Waals surface area contributed by atoms with Crippen molar-refractivity contribution >= 4 is 0 Å². The fourth-order valence-corrected chi connectivity index (χ4v) is 1.49. The van der Waals surface area contributed by atoms with E-state index in [1.807, 2.05) is 12.3 Å². The van der Waals surface area contributed by atoms with Gasteiger partial charge in [0.05, 0.1) is 0 Å². The van der Waals surface area contributed by atoms with E-state index in [9.17, 15) is 0 Å². The number of hydrogen-bond donors (Lipinski definition) is 1. The highest BCUT2D eigenvalue weighted by molar-refractivity contribution is 5.03. The molecule has 0 aliphatic carbocycles. The van der Waals surface area contributed by atoms with E-state index in [0.29, 0.717) is 0 Å². The maximum Gasteiger partial charge on any atom is 0.128 e. The van der Waals surface area contributed by atoms with Gasteiger partial charge < -0.3 is 5.32 Å². The molecule has 0 bridgehead atoms. The molecule has 70 valence electrons. The number of rotatable bonds is 3. The Balaban J connectivity index is 2.01. The molecule has 3 nitrogen and oxygen atoms in total. The van der Waals surface area contributed by atoms with E-state index in [2.05, 4.69) is 22.2 Å². The molecule has 1 saturated heterocycles. The maximum absolute atomic E-state index is 4.47. The summed E-state index contributed by atoms with van der Waals surface area (Å²) in [6.45, 7) is 4.37. The maximum atomic E-state index is 4.47. The lowest BCUT2D eigenvalue weighted by molar-refractivity contribution is 0.341. The first-order chi connectivity index (χ1) is 6.38. The van der Waals surface area contributed by atoms with E-state index in [1.165, 1.54) is 0 Å². The molecule has 0 atom stereocenters. The summed E-state index contributed by atoms with van der Waals surface area (Å²) >= 11 is 0. The summed E-state index contributed by atoms with van der Waals surface area (Å²) < 4.78 is 0. The molecule has 1 N–H and O–H groups in total. The van der Waals surface area contributed by atoms with E-state index in [-0.39, 0.29) is 0 Å². The first-order valence-corrected chi connectivity index (χ1v) is 4.90. The number of hydrogen-bond acceptors (Lipinski definition) is 3. The van der Waals surface area contributed by atoms with Gasteiger partial charge in [0.2, 0.25) is 0 Å². The predicted octanol–water partition coefficient (Wildman–Crippen LogP) is 0.801. The average Bonchev–Trinajstić information content (AvgIpc) is 2.12. The van der Waals surface area contributed by atoms with Gasteiger partial charge in [-0.15, -0.1) is 0 Å². The van der Waals surface area contributed by atoms with Crippen molar-refractivity contribution in [3.8, 4) is 0 Å². The van der Waals surface area contributed by atoms with Crippen molar-refractivity contribution in [2.24, 2.45) is 5.92 Å². The van der Waals surface area contributed by atoms with Crippen LogP contribution in [0.25, 0.3) is 0 Å². The highest BCUT2D eigenvalue weighted by atomic mass is 15.0. The van der Waals surface area contributed by atoms with Crippen molar-refractivity contribution in [3.05, 3.63) is 23.8 Å². The van der Waals surface area contributed by atoms with Gasteiger partial charge in [0.1, 0.15) is 5.82 Å². The zero-order chi connectivity index (χ0) is 9.10. The summed E-state index contributed by atoms with van der Waals surface area (Å²) in [4.78, 5) is 8.74. The fraction of sp³-hybridized carbons (Fsp3) is 0.600. The molecule has 0 amide bonds.